The van der Waals surface area contributed by atoms with Gasteiger partial charge in [-0.3, -0.25) is 14.5 Å². The summed E-state index contributed by atoms with van der Waals surface area (Å²) in [6, 6.07) is 8.19. The minimum absolute atomic E-state index is 0.157. The highest BCUT2D eigenvalue weighted by molar-refractivity contribution is 6.30. The fourth-order valence-corrected chi connectivity index (χ4v) is 3.55. The van der Waals surface area contributed by atoms with E-state index in [2.05, 4.69) is 10.6 Å². The van der Waals surface area contributed by atoms with Crippen LogP contribution in [0.25, 0.3) is 0 Å². The number of unbranched alkanes of at least 4 members (excludes halogenated alkanes) is 1. The van der Waals surface area contributed by atoms with Crippen molar-refractivity contribution in [3.05, 3.63) is 64.7 Å². The Balaban J connectivity index is 1.83. The van der Waals surface area contributed by atoms with Crippen molar-refractivity contribution in [2.75, 3.05) is 11.9 Å². The van der Waals surface area contributed by atoms with Gasteiger partial charge in [-0.25, -0.2) is 13.6 Å². The zero-order valence-corrected chi connectivity index (χ0v) is 16.9. The Morgan fingerprint density at radius 2 is 1.87 bits per heavy atom. The molecule has 30 heavy (non-hydrogen) atoms. The number of nitrogens with one attached hydrogen (secondary N) is 2. The van der Waals surface area contributed by atoms with Crippen molar-refractivity contribution in [2.45, 2.75) is 31.7 Å². The van der Waals surface area contributed by atoms with Crippen LogP contribution in [-0.2, 0) is 15.1 Å². The van der Waals surface area contributed by atoms with Gasteiger partial charge >= 0.3 is 6.03 Å². The summed E-state index contributed by atoms with van der Waals surface area (Å²) in [5.74, 6) is -2.55. The number of anilines is 1. The number of nitrogens with zero attached hydrogens (tertiary/aromatic N) is 1. The minimum Gasteiger partial charge on any atom is -0.322 e. The van der Waals surface area contributed by atoms with Crippen LogP contribution < -0.4 is 10.6 Å². The van der Waals surface area contributed by atoms with E-state index in [0.29, 0.717) is 18.4 Å². The van der Waals surface area contributed by atoms with Gasteiger partial charge in [-0.05, 0) is 42.3 Å². The predicted octanol–water partition coefficient (Wildman–Crippen LogP) is 4.19. The molecule has 1 saturated heterocycles. The highest BCUT2D eigenvalue weighted by Gasteiger charge is 2.52. The van der Waals surface area contributed by atoms with Crippen LogP contribution in [0.15, 0.2) is 42.5 Å². The number of benzene rings is 2. The van der Waals surface area contributed by atoms with Crippen molar-refractivity contribution in [2.24, 2.45) is 0 Å². The van der Waals surface area contributed by atoms with Gasteiger partial charge in [0.15, 0.2) is 0 Å². The summed E-state index contributed by atoms with van der Waals surface area (Å²) >= 11 is 5.81. The van der Waals surface area contributed by atoms with Gasteiger partial charge in [0.25, 0.3) is 5.91 Å². The maximum Gasteiger partial charge on any atom is 0.325 e. The van der Waals surface area contributed by atoms with Gasteiger partial charge in [0.1, 0.15) is 23.7 Å². The lowest BCUT2D eigenvalue weighted by atomic mass is 9.85. The largest absolute Gasteiger partial charge is 0.325 e. The summed E-state index contributed by atoms with van der Waals surface area (Å²) < 4.78 is 27.2. The van der Waals surface area contributed by atoms with Gasteiger partial charge in [0.2, 0.25) is 5.91 Å². The Labute approximate surface area is 177 Å². The van der Waals surface area contributed by atoms with Crippen LogP contribution in [0, 0.1) is 11.6 Å². The molecule has 1 aliphatic heterocycles. The molecule has 0 aliphatic carbocycles. The first-order valence-corrected chi connectivity index (χ1v) is 9.79. The number of imide groups is 1. The molecule has 0 aromatic heterocycles. The maximum atomic E-state index is 13.8. The number of hydrogen-bond donors (Lipinski definition) is 2. The first-order chi connectivity index (χ1) is 14.3. The Morgan fingerprint density at radius 3 is 2.53 bits per heavy atom. The van der Waals surface area contributed by atoms with E-state index < -0.39 is 41.6 Å². The van der Waals surface area contributed by atoms with Gasteiger partial charge in [0.05, 0.1) is 5.69 Å². The number of amides is 4. The summed E-state index contributed by atoms with van der Waals surface area (Å²) in [6.07, 6.45) is 1.68. The summed E-state index contributed by atoms with van der Waals surface area (Å²) in [6.45, 7) is 1.33. The molecule has 2 aromatic rings. The number of carbonyl (C=O) groups excluding carboxylic acids is 3. The van der Waals surface area contributed by atoms with Crippen LogP contribution in [0.5, 0.6) is 0 Å². The predicted molar refractivity (Wildman–Crippen MR) is 108 cm³/mol. The molecule has 0 saturated carbocycles. The first-order valence-electron chi connectivity index (χ1n) is 9.42. The SMILES string of the molecule is CCCC[C@@]1(c2ccc(F)cc2)NC(=O)N(CC(=O)Nc2cc(Cl)ccc2F)C1=O. The molecule has 0 unspecified atom stereocenters. The molecule has 1 fully saturated rings. The molecule has 2 N–H and O–H groups in total. The van der Waals surface area contributed by atoms with Crippen LogP contribution in [0.1, 0.15) is 31.7 Å². The Bertz CT molecular complexity index is 984. The van der Waals surface area contributed by atoms with Crippen molar-refractivity contribution in [1.82, 2.24) is 10.2 Å². The van der Waals surface area contributed by atoms with E-state index in [9.17, 15) is 23.2 Å². The molecule has 3 rings (SSSR count). The first kappa shape index (κ1) is 21.7. The van der Waals surface area contributed by atoms with E-state index in [1.54, 1.807) is 0 Å². The van der Waals surface area contributed by atoms with E-state index in [0.717, 1.165) is 17.4 Å². The summed E-state index contributed by atoms with van der Waals surface area (Å²) in [5, 5.41) is 5.20. The summed E-state index contributed by atoms with van der Waals surface area (Å²) in [7, 11) is 0. The van der Waals surface area contributed by atoms with Crippen molar-refractivity contribution in [1.29, 1.82) is 0 Å². The molecule has 2 aromatic carbocycles. The monoisotopic (exact) mass is 435 g/mol. The van der Waals surface area contributed by atoms with Gasteiger partial charge in [-0.15, -0.1) is 0 Å². The van der Waals surface area contributed by atoms with Gasteiger partial charge in [-0.2, -0.15) is 0 Å². The third-order valence-corrected chi connectivity index (χ3v) is 5.16. The molecule has 0 radical (unpaired) electrons. The smallest absolute Gasteiger partial charge is 0.322 e. The molecule has 0 spiro atoms. The number of urea groups is 1. The highest BCUT2D eigenvalue weighted by atomic mass is 35.5. The van der Waals surface area contributed by atoms with Gasteiger partial charge in [0, 0.05) is 5.02 Å². The normalized spacial score (nSPS) is 18.5. The Kier molecular flexibility index (Phi) is 6.36. The molecular weight excluding hydrogens is 416 g/mol. The molecule has 6 nitrogen and oxygen atoms in total. The van der Waals surface area contributed by atoms with E-state index in [4.69, 9.17) is 11.6 Å². The summed E-state index contributed by atoms with van der Waals surface area (Å²) in [5.41, 5.74) is -1.11. The van der Waals surface area contributed by atoms with Crippen molar-refractivity contribution < 1.29 is 23.2 Å². The fourth-order valence-electron chi connectivity index (χ4n) is 3.38. The minimum atomic E-state index is -1.39. The van der Waals surface area contributed by atoms with Gasteiger partial charge < -0.3 is 10.6 Å². The van der Waals surface area contributed by atoms with Crippen LogP contribution in [0.4, 0.5) is 19.3 Å². The highest BCUT2D eigenvalue weighted by Crippen LogP contribution is 2.34. The second-order valence-corrected chi connectivity index (χ2v) is 7.45. The molecule has 1 heterocycles. The standard InChI is InChI=1S/C21H20ClF2N3O3/c1-2-3-10-21(13-4-7-15(23)8-5-13)19(29)27(20(30)26-21)12-18(28)25-17-11-14(22)6-9-16(17)24/h4-9,11H,2-3,10,12H2,1H3,(H,25,28)(H,26,30)/t21-/m0/s1. The molecular formula is C21H20ClF2N3O3. The molecule has 9 heteroatoms. The third kappa shape index (κ3) is 4.28. The zero-order chi connectivity index (χ0) is 21.9. The van der Waals surface area contributed by atoms with Gasteiger partial charge in [-0.1, -0.05) is 43.5 Å². The lowest BCUT2D eigenvalue weighted by Gasteiger charge is -2.27. The lowest BCUT2D eigenvalue weighted by molar-refractivity contribution is -0.134. The second kappa shape index (κ2) is 8.79. The van der Waals surface area contributed by atoms with E-state index in [1.165, 1.54) is 36.4 Å². The Morgan fingerprint density at radius 1 is 1.17 bits per heavy atom. The van der Waals surface area contributed by atoms with Crippen molar-refractivity contribution in [3.63, 3.8) is 0 Å². The average molecular weight is 436 g/mol. The van der Waals surface area contributed by atoms with Crippen molar-refractivity contribution >= 4 is 35.1 Å². The van der Waals surface area contributed by atoms with Crippen LogP contribution >= 0.6 is 11.6 Å². The number of rotatable bonds is 7. The lowest BCUT2D eigenvalue weighted by Crippen LogP contribution is -2.44. The van der Waals surface area contributed by atoms with E-state index in [-0.39, 0.29) is 10.7 Å². The number of halogens is 3. The fraction of sp³-hybridized carbons (Fsp3) is 0.286. The molecule has 0 bridgehead atoms. The number of hydrogen-bond acceptors (Lipinski definition) is 3. The van der Waals surface area contributed by atoms with Crippen molar-refractivity contribution in [3.8, 4) is 0 Å². The molecule has 4 amide bonds. The maximum absolute atomic E-state index is 13.8. The topological polar surface area (TPSA) is 78.5 Å². The average Bonchev–Trinajstić information content (AvgIpc) is 2.95. The zero-order valence-electron chi connectivity index (χ0n) is 16.2. The number of carbonyl (C=O) groups is 3. The molecule has 1 aliphatic rings. The second-order valence-electron chi connectivity index (χ2n) is 7.01. The van der Waals surface area contributed by atoms with Crippen LogP contribution in [-0.4, -0.2) is 29.3 Å². The van der Waals surface area contributed by atoms with Crippen LogP contribution in [0.3, 0.4) is 0 Å². The van der Waals surface area contributed by atoms with E-state index >= 15 is 0 Å². The Hall–Kier alpha value is -3.00. The van der Waals surface area contributed by atoms with E-state index in [1.807, 2.05) is 6.92 Å². The molecule has 158 valence electrons. The summed E-state index contributed by atoms with van der Waals surface area (Å²) in [4.78, 5) is 38.9. The quantitative estimate of drug-likeness (QED) is 0.640. The molecule has 1 atom stereocenters. The third-order valence-electron chi connectivity index (χ3n) is 4.92. The van der Waals surface area contributed by atoms with Crippen LogP contribution in [0.2, 0.25) is 5.02 Å².